The molecule has 2 aromatic carbocycles. The Kier molecular flexibility index (Phi) is 7.29. The molecule has 8 nitrogen and oxygen atoms in total. The fourth-order valence-electron chi connectivity index (χ4n) is 5.67. The first kappa shape index (κ1) is 26.8. The molecule has 9 heteroatoms. The molecule has 2 saturated heterocycles. The first-order chi connectivity index (χ1) is 19.3. The summed E-state index contributed by atoms with van der Waals surface area (Å²) >= 11 is 1.60. The molecule has 0 spiro atoms. The molecule has 0 atom stereocenters. The SMILES string of the molecule is COc1cc(Nc2nc(Nc3cccc(C(C)(C)O)c3)c3c(C)csc3n2)ccc1N1CCC(N2CCC2)CC1. The maximum absolute atomic E-state index is 10.5. The van der Waals surface area contributed by atoms with Gasteiger partial charge in [-0.15, -0.1) is 11.3 Å². The van der Waals surface area contributed by atoms with Crippen molar-refractivity contribution in [2.24, 2.45) is 0 Å². The Morgan fingerprint density at radius 1 is 1.00 bits per heavy atom. The number of piperidine rings is 1. The highest BCUT2D eigenvalue weighted by Crippen LogP contribution is 2.37. The van der Waals surface area contributed by atoms with E-state index in [0.717, 1.165) is 69.1 Å². The van der Waals surface area contributed by atoms with E-state index in [2.05, 4.69) is 44.9 Å². The predicted molar refractivity (Wildman–Crippen MR) is 165 cm³/mol. The Labute approximate surface area is 240 Å². The third-order valence-corrected chi connectivity index (χ3v) is 9.09. The van der Waals surface area contributed by atoms with Crippen molar-refractivity contribution in [1.82, 2.24) is 14.9 Å². The number of rotatable bonds is 8. The lowest BCUT2D eigenvalue weighted by molar-refractivity contribution is 0.0786. The van der Waals surface area contributed by atoms with E-state index in [1.165, 1.54) is 32.4 Å². The lowest BCUT2D eigenvalue weighted by Gasteiger charge is -2.43. The van der Waals surface area contributed by atoms with Gasteiger partial charge in [0.1, 0.15) is 16.4 Å². The van der Waals surface area contributed by atoms with Gasteiger partial charge in [-0.3, -0.25) is 0 Å². The van der Waals surface area contributed by atoms with Crippen molar-refractivity contribution >= 4 is 50.4 Å². The van der Waals surface area contributed by atoms with E-state index in [4.69, 9.17) is 14.7 Å². The van der Waals surface area contributed by atoms with Gasteiger partial charge in [-0.1, -0.05) is 12.1 Å². The van der Waals surface area contributed by atoms with Crippen LogP contribution >= 0.6 is 11.3 Å². The maximum atomic E-state index is 10.5. The molecular formula is C31H38N6O2S. The number of likely N-dealkylation sites (tertiary alicyclic amines) is 1. The van der Waals surface area contributed by atoms with Crippen molar-refractivity contribution in [2.75, 3.05) is 48.8 Å². The van der Waals surface area contributed by atoms with Crippen LogP contribution in [-0.2, 0) is 5.60 Å². The Bertz CT molecular complexity index is 1500. The molecule has 2 aromatic heterocycles. The Morgan fingerprint density at radius 2 is 1.77 bits per heavy atom. The van der Waals surface area contributed by atoms with Crippen LogP contribution in [0.15, 0.2) is 47.8 Å². The van der Waals surface area contributed by atoms with Crippen molar-refractivity contribution in [3.63, 3.8) is 0 Å². The van der Waals surface area contributed by atoms with E-state index < -0.39 is 5.60 Å². The summed E-state index contributed by atoms with van der Waals surface area (Å²) in [6.07, 6.45) is 3.75. The molecule has 0 saturated carbocycles. The highest BCUT2D eigenvalue weighted by Gasteiger charge is 2.29. The van der Waals surface area contributed by atoms with Crippen molar-refractivity contribution in [3.05, 3.63) is 59.0 Å². The summed E-state index contributed by atoms with van der Waals surface area (Å²) in [5.74, 6) is 2.09. The van der Waals surface area contributed by atoms with Crippen molar-refractivity contribution in [2.45, 2.75) is 51.7 Å². The first-order valence-electron chi connectivity index (χ1n) is 14.1. The number of aliphatic hydroxyl groups is 1. The molecule has 6 rings (SSSR count). The summed E-state index contributed by atoms with van der Waals surface area (Å²) < 4.78 is 5.83. The maximum Gasteiger partial charge on any atom is 0.230 e. The van der Waals surface area contributed by atoms with Crippen molar-refractivity contribution in [1.29, 1.82) is 0 Å². The zero-order chi connectivity index (χ0) is 27.9. The van der Waals surface area contributed by atoms with E-state index in [0.29, 0.717) is 5.95 Å². The van der Waals surface area contributed by atoms with Gasteiger partial charge in [0.15, 0.2) is 0 Å². The average molecular weight is 559 g/mol. The molecule has 3 N–H and O–H groups in total. The summed E-state index contributed by atoms with van der Waals surface area (Å²) in [6, 6.07) is 14.8. The van der Waals surface area contributed by atoms with Crippen LogP contribution in [0.1, 0.15) is 44.2 Å². The van der Waals surface area contributed by atoms with Gasteiger partial charge in [0.25, 0.3) is 0 Å². The molecule has 2 aliphatic rings. The van der Waals surface area contributed by atoms with E-state index in [1.807, 2.05) is 30.3 Å². The van der Waals surface area contributed by atoms with Gasteiger partial charge in [-0.05, 0) is 93.9 Å². The molecule has 40 heavy (non-hydrogen) atoms. The summed E-state index contributed by atoms with van der Waals surface area (Å²) in [4.78, 5) is 15.7. The number of nitrogens with zero attached hydrogens (tertiary/aromatic N) is 4. The smallest absolute Gasteiger partial charge is 0.230 e. The van der Waals surface area contributed by atoms with Crippen LogP contribution in [0.25, 0.3) is 10.2 Å². The number of hydrogen-bond donors (Lipinski definition) is 3. The van der Waals surface area contributed by atoms with Gasteiger partial charge >= 0.3 is 0 Å². The third kappa shape index (κ3) is 5.46. The molecule has 0 unspecified atom stereocenters. The molecule has 0 amide bonds. The quantitative estimate of drug-likeness (QED) is 0.229. The molecule has 4 aromatic rings. The molecule has 0 aliphatic carbocycles. The lowest BCUT2D eigenvalue weighted by Crippen LogP contribution is -2.50. The van der Waals surface area contributed by atoms with Crippen LogP contribution < -0.4 is 20.3 Å². The predicted octanol–water partition coefficient (Wildman–Crippen LogP) is 6.40. The number of ether oxygens (including phenoxy) is 1. The van der Waals surface area contributed by atoms with E-state index >= 15 is 0 Å². The van der Waals surface area contributed by atoms with Gasteiger partial charge in [0, 0.05) is 36.6 Å². The standard InChI is InChI=1S/C31H38N6O2S/c1-20-19-40-29-27(20)28(32-22-8-5-7-21(17-22)31(2,3)38)34-30(35-29)33-23-9-10-25(26(18-23)39-4)37-15-11-24(12-16-37)36-13-6-14-36/h5,7-10,17-19,24,38H,6,11-16H2,1-4H3,(H2,32,33,34,35). The summed E-state index contributed by atoms with van der Waals surface area (Å²) in [7, 11) is 1.73. The topological polar surface area (TPSA) is 85.8 Å². The number of methoxy groups -OCH3 is 1. The highest BCUT2D eigenvalue weighted by molar-refractivity contribution is 7.17. The minimum atomic E-state index is -0.931. The number of anilines is 5. The minimum Gasteiger partial charge on any atom is -0.495 e. The number of aromatic nitrogens is 2. The van der Waals surface area contributed by atoms with Crippen LogP contribution in [0.3, 0.4) is 0 Å². The molecule has 2 fully saturated rings. The number of thiophene rings is 1. The zero-order valence-corrected chi connectivity index (χ0v) is 24.5. The largest absolute Gasteiger partial charge is 0.495 e. The molecule has 4 heterocycles. The van der Waals surface area contributed by atoms with Crippen molar-refractivity contribution < 1.29 is 9.84 Å². The molecular weight excluding hydrogens is 520 g/mol. The second kappa shape index (κ2) is 10.9. The zero-order valence-electron chi connectivity index (χ0n) is 23.7. The van der Waals surface area contributed by atoms with E-state index in [1.54, 1.807) is 32.3 Å². The first-order valence-corrected chi connectivity index (χ1v) is 15.0. The molecule has 0 radical (unpaired) electrons. The highest BCUT2D eigenvalue weighted by atomic mass is 32.1. The number of nitrogens with one attached hydrogen (secondary N) is 2. The van der Waals surface area contributed by atoms with Crippen LogP contribution in [0, 0.1) is 6.92 Å². The van der Waals surface area contributed by atoms with Gasteiger partial charge in [-0.2, -0.15) is 4.98 Å². The molecule has 0 bridgehead atoms. The van der Waals surface area contributed by atoms with Gasteiger partial charge in [-0.25, -0.2) is 4.98 Å². The number of hydrogen-bond acceptors (Lipinski definition) is 9. The summed E-state index contributed by atoms with van der Waals surface area (Å²) in [5.41, 5.74) is 3.89. The Balaban J connectivity index is 1.24. The molecule has 210 valence electrons. The number of benzene rings is 2. The van der Waals surface area contributed by atoms with Crippen molar-refractivity contribution in [3.8, 4) is 5.75 Å². The monoisotopic (exact) mass is 558 g/mol. The van der Waals surface area contributed by atoms with Crippen LogP contribution in [0.5, 0.6) is 5.75 Å². The summed E-state index contributed by atoms with van der Waals surface area (Å²) in [5, 5.41) is 20.5. The van der Waals surface area contributed by atoms with Gasteiger partial charge in [0.05, 0.1) is 23.8 Å². The van der Waals surface area contributed by atoms with E-state index in [9.17, 15) is 5.11 Å². The Morgan fingerprint density at radius 3 is 2.48 bits per heavy atom. The number of aryl methyl sites for hydroxylation is 1. The lowest BCUT2D eigenvalue weighted by atomic mass is 9.98. The van der Waals surface area contributed by atoms with Crippen LogP contribution in [0.2, 0.25) is 0 Å². The fraction of sp³-hybridized carbons (Fsp3) is 0.419. The average Bonchev–Trinajstić information content (AvgIpc) is 3.28. The normalized spacial score (nSPS) is 16.7. The third-order valence-electron chi connectivity index (χ3n) is 8.10. The summed E-state index contributed by atoms with van der Waals surface area (Å²) in [6.45, 7) is 10.3. The Hall–Kier alpha value is -3.40. The van der Waals surface area contributed by atoms with Crippen LogP contribution in [-0.4, -0.2) is 59.3 Å². The van der Waals surface area contributed by atoms with Gasteiger partial charge in [0.2, 0.25) is 5.95 Å². The van der Waals surface area contributed by atoms with Gasteiger partial charge < -0.3 is 30.3 Å². The second-order valence-corrected chi connectivity index (χ2v) is 12.2. The fourth-order valence-corrected chi connectivity index (χ4v) is 6.59. The number of fused-ring (bicyclic) bond motifs is 1. The molecule has 2 aliphatic heterocycles. The minimum absolute atomic E-state index is 0.514. The van der Waals surface area contributed by atoms with E-state index in [-0.39, 0.29) is 0 Å². The van der Waals surface area contributed by atoms with Crippen LogP contribution in [0.4, 0.5) is 28.8 Å². The second-order valence-electron chi connectivity index (χ2n) is 11.4.